The lowest BCUT2D eigenvalue weighted by atomic mass is 10.1. The summed E-state index contributed by atoms with van der Waals surface area (Å²) in [5, 5.41) is 15.6. The van der Waals surface area contributed by atoms with Gasteiger partial charge in [0.15, 0.2) is 0 Å². The maximum Gasteiger partial charge on any atom is 0.313 e. The van der Waals surface area contributed by atoms with Crippen molar-refractivity contribution in [3.05, 3.63) is 57.4 Å². The van der Waals surface area contributed by atoms with E-state index in [0.717, 1.165) is 12.0 Å². The molecule has 0 aliphatic heterocycles. The van der Waals surface area contributed by atoms with Gasteiger partial charge in [-0.25, -0.2) is 0 Å². The molecule has 0 saturated carbocycles. The Morgan fingerprint density at radius 2 is 2.05 bits per heavy atom. The van der Waals surface area contributed by atoms with Crippen molar-refractivity contribution < 1.29 is 4.92 Å². The molecule has 5 nitrogen and oxygen atoms in total. The predicted molar refractivity (Wildman–Crippen MR) is 85.7 cm³/mol. The van der Waals surface area contributed by atoms with Crippen molar-refractivity contribution in [3.8, 4) is 0 Å². The third-order valence-electron chi connectivity index (χ3n) is 3.35. The summed E-state index contributed by atoms with van der Waals surface area (Å²) in [5.41, 5.74) is 2.42. The Balaban J connectivity index is 2.35. The van der Waals surface area contributed by atoms with Gasteiger partial charge in [-0.05, 0) is 18.9 Å². The van der Waals surface area contributed by atoms with Crippen molar-refractivity contribution in [2.45, 2.75) is 38.1 Å². The fraction of sp³-hybridized carbons (Fsp3) is 0.400. The Bertz CT molecular complexity index is 625. The number of halogens is 1. The van der Waals surface area contributed by atoms with Crippen molar-refractivity contribution in [3.63, 3.8) is 0 Å². The van der Waals surface area contributed by atoms with E-state index in [1.807, 2.05) is 37.3 Å². The fourth-order valence-electron chi connectivity index (χ4n) is 2.41. The zero-order valence-corrected chi connectivity index (χ0v) is 13.7. The van der Waals surface area contributed by atoms with Crippen LogP contribution in [0.15, 0.2) is 30.3 Å². The van der Waals surface area contributed by atoms with Crippen LogP contribution in [0.2, 0.25) is 0 Å². The molecule has 0 spiro atoms. The number of hydrogen-bond acceptors (Lipinski definition) is 3. The van der Waals surface area contributed by atoms with Crippen LogP contribution in [0.5, 0.6) is 0 Å². The standard InChI is InChI=1S/C15H18BrN3O2/c1-3-9-18-14(15(19(20)21)11(2)17-18)10-13(16)12-7-5-4-6-8-12/h4-8,13H,3,9-10H2,1-2H3. The second-order valence-corrected chi connectivity index (χ2v) is 6.05. The number of hydrogen-bond donors (Lipinski definition) is 0. The second-order valence-electron chi connectivity index (χ2n) is 4.94. The summed E-state index contributed by atoms with van der Waals surface area (Å²) in [4.78, 5) is 11.0. The number of aromatic nitrogens is 2. The van der Waals surface area contributed by atoms with Crippen molar-refractivity contribution in [1.29, 1.82) is 0 Å². The Hall–Kier alpha value is -1.69. The minimum atomic E-state index is -0.325. The van der Waals surface area contributed by atoms with Crippen LogP contribution >= 0.6 is 15.9 Å². The first-order chi connectivity index (χ1) is 10.0. The second kappa shape index (κ2) is 6.85. The molecule has 0 amide bonds. The molecular weight excluding hydrogens is 334 g/mol. The van der Waals surface area contributed by atoms with Crippen molar-refractivity contribution in [1.82, 2.24) is 9.78 Å². The van der Waals surface area contributed by atoms with Gasteiger partial charge in [0.05, 0.1) is 4.92 Å². The van der Waals surface area contributed by atoms with Crippen molar-refractivity contribution in [2.24, 2.45) is 0 Å². The highest BCUT2D eigenvalue weighted by atomic mass is 79.9. The average Bonchev–Trinajstić information content (AvgIpc) is 2.76. The molecule has 112 valence electrons. The van der Waals surface area contributed by atoms with Crippen LogP contribution in [-0.4, -0.2) is 14.7 Å². The van der Waals surface area contributed by atoms with E-state index in [0.29, 0.717) is 24.4 Å². The van der Waals surface area contributed by atoms with Gasteiger partial charge in [0.25, 0.3) is 0 Å². The van der Waals surface area contributed by atoms with E-state index >= 15 is 0 Å². The molecule has 2 aromatic rings. The highest BCUT2D eigenvalue weighted by Crippen LogP contribution is 2.32. The molecule has 6 heteroatoms. The van der Waals surface area contributed by atoms with Crippen LogP contribution in [0.1, 0.15) is 35.1 Å². The van der Waals surface area contributed by atoms with Gasteiger partial charge >= 0.3 is 5.69 Å². The molecule has 0 aliphatic rings. The molecule has 1 unspecified atom stereocenters. The van der Waals surface area contributed by atoms with Crippen LogP contribution in [0, 0.1) is 17.0 Å². The van der Waals surface area contributed by atoms with Gasteiger partial charge in [-0.15, -0.1) is 0 Å². The van der Waals surface area contributed by atoms with Crippen molar-refractivity contribution >= 4 is 21.6 Å². The quantitative estimate of drug-likeness (QED) is 0.445. The van der Waals surface area contributed by atoms with Crippen LogP contribution in [0.3, 0.4) is 0 Å². The average molecular weight is 352 g/mol. The molecule has 0 fully saturated rings. The molecule has 0 N–H and O–H groups in total. The molecule has 0 aliphatic carbocycles. The molecule has 21 heavy (non-hydrogen) atoms. The molecular formula is C15H18BrN3O2. The van der Waals surface area contributed by atoms with E-state index in [1.165, 1.54) is 0 Å². The SMILES string of the molecule is CCCn1nc(C)c([N+](=O)[O-])c1CC(Br)c1ccccc1. The lowest BCUT2D eigenvalue weighted by molar-refractivity contribution is -0.386. The highest BCUT2D eigenvalue weighted by molar-refractivity contribution is 9.09. The first-order valence-corrected chi connectivity index (χ1v) is 7.85. The van der Waals surface area contributed by atoms with Gasteiger partial charge in [0.1, 0.15) is 11.4 Å². The van der Waals surface area contributed by atoms with Crippen LogP contribution < -0.4 is 0 Å². The zero-order valence-electron chi connectivity index (χ0n) is 12.1. The lowest BCUT2D eigenvalue weighted by Crippen LogP contribution is -2.08. The summed E-state index contributed by atoms with van der Waals surface area (Å²) in [5.74, 6) is 0. The topological polar surface area (TPSA) is 61.0 Å². The Labute approximate surface area is 132 Å². The maximum atomic E-state index is 11.3. The van der Waals surface area contributed by atoms with E-state index in [4.69, 9.17) is 0 Å². The summed E-state index contributed by atoms with van der Waals surface area (Å²) < 4.78 is 1.77. The summed E-state index contributed by atoms with van der Waals surface area (Å²) in [7, 11) is 0. The van der Waals surface area contributed by atoms with Crippen LogP contribution in [-0.2, 0) is 13.0 Å². The first-order valence-electron chi connectivity index (χ1n) is 6.94. The zero-order chi connectivity index (χ0) is 15.4. The van der Waals surface area contributed by atoms with Gasteiger partial charge < -0.3 is 0 Å². The number of nitro groups is 1. The summed E-state index contributed by atoms with van der Waals surface area (Å²) in [6.45, 7) is 4.42. The van der Waals surface area contributed by atoms with Gasteiger partial charge in [-0.1, -0.05) is 53.2 Å². The Morgan fingerprint density at radius 3 is 2.62 bits per heavy atom. The summed E-state index contributed by atoms with van der Waals surface area (Å²) in [6.07, 6.45) is 1.44. The number of benzene rings is 1. The van der Waals surface area contributed by atoms with E-state index < -0.39 is 0 Å². The molecule has 0 saturated heterocycles. The third-order valence-corrected chi connectivity index (χ3v) is 4.20. The summed E-state index contributed by atoms with van der Waals surface area (Å²) in [6, 6.07) is 9.91. The summed E-state index contributed by atoms with van der Waals surface area (Å²) >= 11 is 3.64. The maximum absolute atomic E-state index is 11.3. The first kappa shape index (κ1) is 15.7. The minimum Gasteiger partial charge on any atom is -0.262 e. The van der Waals surface area contributed by atoms with E-state index in [-0.39, 0.29) is 15.4 Å². The normalized spacial score (nSPS) is 12.3. The van der Waals surface area contributed by atoms with E-state index in [1.54, 1.807) is 11.6 Å². The van der Waals surface area contributed by atoms with Gasteiger partial charge in [-0.2, -0.15) is 5.10 Å². The predicted octanol–water partition coefficient (Wildman–Crippen LogP) is 4.19. The number of alkyl halides is 1. The molecule has 2 rings (SSSR count). The van der Waals surface area contributed by atoms with Crippen LogP contribution in [0.25, 0.3) is 0 Å². The fourth-order valence-corrected chi connectivity index (χ4v) is 3.02. The molecule has 0 radical (unpaired) electrons. The van der Waals surface area contributed by atoms with Gasteiger partial charge in [-0.3, -0.25) is 14.8 Å². The largest absolute Gasteiger partial charge is 0.313 e. The van der Waals surface area contributed by atoms with E-state index in [2.05, 4.69) is 21.0 Å². The van der Waals surface area contributed by atoms with Crippen molar-refractivity contribution in [2.75, 3.05) is 0 Å². The number of aryl methyl sites for hydroxylation is 2. The van der Waals surface area contributed by atoms with Gasteiger partial charge in [0.2, 0.25) is 0 Å². The molecule has 1 heterocycles. The molecule has 0 bridgehead atoms. The van der Waals surface area contributed by atoms with E-state index in [9.17, 15) is 10.1 Å². The van der Waals surface area contributed by atoms with Gasteiger partial charge in [0, 0.05) is 17.8 Å². The van der Waals surface area contributed by atoms with Crippen LogP contribution in [0.4, 0.5) is 5.69 Å². The third kappa shape index (κ3) is 3.50. The molecule has 1 atom stereocenters. The number of rotatable bonds is 6. The highest BCUT2D eigenvalue weighted by Gasteiger charge is 2.26. The minimum absolute atomic E-state index is 0.0316. The smallest absolute Gasteiger partial charge is 0.262 e. The monoisotopic (exact) mass is 351 g/mol. The molecule has 1 aromatic carbocycles. The molecule has 1 aromatic heterocycles. The number of nitrogens with zero attached hydrogens (tertiary/aromatic N) is 3. The Morgan fingerprint density at radius 1 is 1.38 bits per heavy atom. The Kier molecular flexibility index (Phi) is 5.12. The lowest BCUT2D eigenvalue weighted by Gasteiger charge is -2.11.